The number of rotatable bonds is 19. The van der Waals surface area contributed by atoms with Crippen LogP contribution in [0, 0.1) is 10.8 Å². The van der Waals surface area contributed by atoms with Crippen LogP contribution in [0.15, 0.2) is 149 Å². The molecule has 5 heterocycles. The van der Waals surface area contributed by atoms with Gasteiger partial charge in [0.25, 0.3) is 34.5 Å². The summed E-state index contributed by atoms with van der Waals surface area (Å²) in [6, 6.07) is 36.0. The van der Waals surface area contributed by atoms with E-state index in [1.54, 1.807) is 53.8 Å². The number of quaternary nitrogens is 1. The predicted octanol–water partition coefficient (Wildman–Crippen LogP) is 7.63. The van der Waals surface area contributed by atoms with Crippen LogP contribution in [-0.4, -0.2) is 87.2 Å². The van der Waals surface area contributed by atoms with E-state index in [9.17, 15) is 29.7 Å². The van der Waals surface area contributed by atoms with Crippen molar-refractivity contribution < 1.29 is 34.2 Å². The molecule has 8 N–H and O–H groups in total. The topological polar surface area (TPSA) is 273 Å². The second kappa shape index (κ2) is 23.5. The molecule has 10 rings (SSSR count). The third kappa shape index (κ3) is 12.7. The highest BCUT2D eigenvalue weighted by Crippen LogP contribution is 2.34. The fraction of sp³-hybridized carbons (Fsp3) is 0.211. The molecular formula is C57H52Cl3N12O8+. The standard InChI is InChI=1S/C57H51Cl3N12O8/c1-56(2,29-33-24-41(60)49(52(75)62-32-57(77)20-22-78-23-21-57)43(25-33)80-31-39-27-47(74)72-55(65-39)68-51(70-72)35-12-7-4-8-13-35)44(61)28-45(63-37-18-16-36(58)17-19-37)66-53(76)48-40(59)14-9-15-42(48)79-30-38-26-46(73)71-54(64-38)67-50(69-71)34-10-5-3-6-11-34/h3-19,24-28,61,63,77H,20-23,29-32H2,1-2H3,(H,62,75)(H,66,76)(H,64,67,69)(H,65,68,70)/p+1/b45-28+,61-44?. The summed E-state index contributed by atoms with van der Waals surface area (Å²) >= 11 is 20.0. The van der Waals surface area contributed by atoms with Gasteiger partial charge in [0.15, 0.2) is 11.6 Å². The lowest BCUT2D eigenvalue weighted by molar-refractivity contribution is -0.522. The van der Waals surface area contributed by atoms with Crippen molar-refractivity contribution in [2.75, 3.05) is 19.8 Å². The zero-order chi connectivity index (χ0) is 56.1. The first kappa shape index (κ1) is 54.8. The molecule has 0 saturated carbocycles. The Labute approximate surface area is 471 Å². The molecule has 1 aliphatic heterocycles. The minimum Gasteiger partial charge on any atom is -0.486 e. The molecule has 20 nitrogen and oxygen atoms in total. The van der Waals surface area contributed by atoms with Crippen LogP contribution < -0.4 is 36.5 Å². The number of aromatic nitrogens is 8. The zero-order valence-corrected chi connectivity index (χ0v) is 45.3. The maximum absolute atomic E-state index is 14.4. The number of aromatic amines is 2. The predicted molar refractivity (Wildman–Crippen MR) is 301 cm³/mol. The second-order valence-corrected chi connectivity index (χ2v) is 21.0. The number of hydrogen-bond donors (Lipinski definition) is 7. The van der Waals surface area contributed by atoms with Crippen molar-refractivity contribution in [3.63, 3.8) is 0 Å². The maximum atomic E-state index is 14.4. The number of H-pyrrole nitrogens is 2. The Morgan fingerprint density at radius 1 is 0.738 bits per heavy atom. The van der Waals surface area contributed by atoms with Crippen molar-refractivity contribution in [1.82, 2.24) is 49.8 Å². The van der Waals surface area contributed by atoms with E-state index >= 15 is 0 Å². The molecular weight excluding hydrogens is 1090 g/mol. The minimum absolute atomic E-state index is 0.0186. The van der Waals surface area contributed by atoms with E-state index in [4.69, 9.17) is 49.0 Å². The molecule has 80 heavy (non-hydrogen) atoms. The van der Waals surface area contributed by atoms with Crippen LogP contribution in [0.25, 0.3) is 34.3 Å². The van der Waals surface area contributed by atoms with E-state index in [1.807, 2.05) is 74.5 Å². The first-order chi connectivity index (χ1) is 38.5. The number of amides is 2. The van der Waals surface area contributed by atoms with Gasteiger partial charge in [0.05, 0.1) is 32.6 Å². The molecule has 0 unspecified atom stereocenters. The molecule has 0 radical (unpaired) electrons. The van der Waals surface area contributed by atoms with Gasteiger partial charge in [-0.3, -0.25) is 40.0 Å². The fourth-order valence-corrected chi connectivity index (χ4v) is 9.63. The smallest absolute Gasteiger partial charge is 0.274 e. The molecule has 4 aromatic heterocycles. The number of nitrogens with two attached hydrogens (primary N) is 1. The van der Waals surface area contributed by atoms with Crippen molar-refractivity contribution in [3.05, 3.63) is 203 Å². The summed E-state index contributed by atoms with van der Waals surface area (Å²) in [4.78, 5) is 73.1. The summed E-state index contributed by atoms with van der Waals surface area (Å²) in [5.41, 5.74) is 0.210. The van der Waals surface area contributed by atoms with E-state index in [0.29, 0.717) is 54.0 Å². The Balaban J connectivity index is 0.906. The highest BCUT2D eigenvalue weighted by Gasteiger charge is 2.32. The number of carbonyl (C=O) groups is 2. The second-order valence-electron chi connectivity index (χ2n) is 19.7. The van der Waals surface area contributed by atoms with Crippen molar-refractivity contribution in [1.29, 1.82) is 5.41 Å². The molecule has 2 amide bonds. The van der Waals surface area contributed by atoms with Gasteiger partial charge in [0.2, 0.25) is 5.82 Å². The molecule has 5 aromatic carbocycles. The number of nitrogens with one attached hydrogen (secondary N) is 5. The number of benzene rings is 5. The highest BCUT2D eigenvalue weighted by atomic mass is 35.5. The third-order valence-electron chi connectivity index (χ3n) is 13.3. The Kier molecular flexibility index (Phi) is 16.1. The van der Waals surface area contributed by atoms with Crippen LogP contribution in [-0.2, 0) is 24.4 Å². The largest absolute Gasteiger partial charge is 0.486 e. The SMILES string of the molecule is CC(C)(Cc1cc(Cl)c(C(=O)NCC2(O)CCOCC2)c(OCc2cc(=O)n3[nH]c(-c4ccccc4)nc3n2)c1)C(=N)/C=C(/NC(=O)c1c(Cl)cccc1OCc1cc(=O)n2[nH]c(-c3ccccc3)nc2n1)[NH2+]c1ccc(Cl)cc1. The van der Waals surface area contributed by atoms with Crippen molar-refractivity contribution in [2.45, 2.75) is 51.9 Å². The maximum Gasteiger partial charge on any atom is 0.274 e. The average molecular weight is 1140 g/mol. The van der Waals surface area contributed by atoms with E-state index in [2.05, 4.69) is 40.8 Å². The van der Waals surface area contributed by atoms with E-state index in [0.717, 1.165) is 11.1 Å². The lowest BCUT2D eigenvalue weighted by Gasteiger charge is -2.32. The molecule has 1 fully saturated rings. The summed E-state index contributed by atoms with van der Waals surface area (Å²) in [6.45, 7) is 3.80. The molecule has 0 aliphatic carbocycles. The van der Waals surface area contributed by atoms with Crippen LogP contribution in [0.2, 0.25) is 15.1 Å². The zero-order valence-electron chi connectivity index (χ0n) is 43.1. The molecule has 9 aromatic rings. The first-order valence-electron chi connectivity index (χ1n) is 25.2. The number of hydrogen-bond acceptors (Lipinski definition) is 13. The normalized spacial score (nSPS) is 13.6. The van der Waals surface area contributed by atoms with Crippen molar-refractivity contribution >= 4 is 69.6 Å². The van der Waals surface area contributed by atoms with Gasteiger partial charge < -0.3 is 30.0 Å². The van der Waals surface area contributed by atoms with Crippen LogP contribution in [0.5, 0.6) is 11.5 Å². The summed E-state index contributed by atoms with van der Waals surface area (Å²) in [7, 11) is 0. The molecule has 0 bridgehead atoms. The summed E-state index contributed by atoms with van der Waals surface area (Å²) in [5.74, 6) is 0.214. The quantitative estimate of drug-likeness (QED) is 0.0304. The number of carbonyl (C=O) groups excluding carboxylic acids is 2. The number of allylic oxidation sites excluding steroid dienone is 1. The number of aliphatic hydroxyl groups is 1. The Morgan fingerprint density at radius 3 is 1.89 bits per heavy atom. The average Bonchev–Trinajstić information content (AvgIpc) is 4.09. The van der Waals surface area contributed by atoms with Gasteiger partial charge in [-0.15, -0.1) is 0 Å². The minimum atomic E-state index is -1.19. The molecule has 1 aliphatic rings. The van der Waals surface area contributed by atoms with E-state index in [1.165, 1.54) is 33.3 Å². The van der Waals surface area contributed by atoms with Crippen LogP contribution in [0.3, 0.4) is 0 Å². The van der Waals surface area contributed by atoms with Crippen LogP contribution in [0.4, 0.5) is 5.69 Å². The lowest BCUT2D eigenvalue weighted by atomic mass is 9.80. The van der Waals surface area contributed by atoms with Gasteiger partial charge in [-0.2, -0.15) is 19.0 Å². The first-order valence-corrected chi connectivity index (χ1v) is 26.4. The van der Waals surface area contributed by atoms with Gasteiger partial charge in [-0.1, -0.05) is 115 Å². The molecule has 1 saturated heterocycles. The number of ether oxygens (including phenoxy) is 3. The Bertz CT molecular complexity index is 3950. The molecule has 0 atom stereocenters. The van der Waals surface area contributed by atoms with Gasteiger partial charge >= 0.3 is 0 Å². The van der Waals surface area contributed by atoms with Crippen molar-refractivity contribution in [3.8, 4) is 34.3 Å². The summed E-state index contributed by atoms with van der Waals surface area (Å²) in [5, 5.41) is 34.7. The molecule has 408 valence electrons. The van der Waals surface area contributed by atoms with Crippen LogP contribution in [0.1, 0.15) is 64.4 Å². The lowest BCUT2D eigenvalue weighted by Crippen LogP contribution is -2.79. The number of halogens is 3. The van der Waals surface area contributed by atoms with Crippen LogP contribution >= 0.6 is 34.8 Å². The van der Waals surface area contributed by atoms with E-state index in [-0.39, 0.29) is 93.3 Å². The number of fused-ring (bicyclic) bond motifs is 2. The van der Waals surface area contributed by atoms with Gasteiger partial charge in [0, 0.05) is 90.2 Å². The monoisotopic (exact) mass is 1140 g/mol. The summed E-state index contributed by atoms with van der Waals surface area (Å²) in [6.07, 6.45) is 2.33. The van der Waals surface area contributed by atoms with Gasteiger partial charge in [-0.25, -0.2) is 9.97 Å². The fourth-order valence-electron chi connectivity index (χ4n) is 8.94. The van der Waals surface area contributed by atoms with Gasteiger partial charge in [-0.05, 0) is 48.4 Å². The van der Waals surface area contributed by atoms with Crippen molar-refractivity contribution in [2.24, 2.45) is 5.41 Å². The Hall–Kier alpha value is -8.50. The molecule has 23 heteroatoms. The Morgan fingerprint density at radius 2 is 1.30 bits per heavy atom. The van der Waals surface area contributed by atoms with Gasteiger partial charge in [0.1, 0.15) is 36.0 Å². The highest BCUT2D eigenvalue weighted by molar-refractivity contribution is 6.35. The summed E-state index contributed by atoms with van der Waals surface area (Å²) < 4.78 is 20.3. The van der Waals surface area contributed by atoms with E-state index < -0.39 is 33.9 Å². The molecule has 0 spiro atoms. The third-order valence-corrected chi connectivity index (χ3v) is 14.1. The number of nitrogens with zero attached hydrogens (tertiary/aromatic N) is 6.